The van der Waals surface area contributed by atoms with Gasteiger partial charge < -0.3 is 11.1 Å². The molecule has 0 fully saturated rings. The van der Waals surface area contributed by atoms with Gasteiger partial charge in [0.05, 0.1) is 0 Å². The first kappa shape index (κ1) is 24.5. The molecule has 3 aromatic rings. The van der Waals surface area contributed by atoms with E-state index < -0.39 is 0 Å². The summed E-state index contributed by atoms with van der Waals surface area (Å²) in [6, 6.07) is 20.9. The van der Waals surface area contributed by atoms with Crippen LogP contribution in [0.25, 0.3) is 5.57 Å². The average molecular weight is 441 g/mol. The van der Waals surface area contributed by atoms with Crippen LogP contribution in [-0.4, -0.2) is 12.3 Å². The molecule has 0 radical (unpaired) electrons. The first-order valence-electron chi connectivity index (χ1n) is 11.7. The second-order valence-electron chi connectivity index (χ2n) is 9.04. The number of para-hydroxylation sites is 1. The number of aryl methyl sites for hydroxylation is 4. The quantitative estimate of drug-likeness (QED) is 0.329. The number of carbonyl (C=O) groups is 1. The number of ketones is 1. The van der Waals surface area contributed by atoms with E-state index in [1.807, 2.05) is 37.3 Å². The van der Waals surface area contributed by atoms with Gasteiger partial charge in [-0.1, -0.05) is 60.7 Å². The molecule has 0 amide bonds. The smallest absolute Gasteiger partial charge is 0.159 e. The summed E-state index contributed by atoms with van der Waals surface area (Å²) < 4.78 is 0. The van der Waals surface area contributed by atoms with Crippen molar-refractivity contribution in [2.45, 2.75) is 53.0 Å². The van der Waals surface area contributed by atoms with Crippen molar-refractivity contribution in [3.05, 3.63) is 106 Å². The first-order chi connectivity index (χ1) is 15.8. The number of nitrogen functional groups attached to an aromatic ring is 1. The Morgan fingerprint density at radius 1 is 1.03 bits per heavy atom. The molecule has 1 aliphatic carbocycles. The normalized spacial score (nSPS) is 14.2. The van der Waals surface area contributed by atoms with Crippen molar-refractivity contribution >= 4 is 17.0 Å². The van der Waals surface area contributed by atoms with E-state index >= 15 is 0 Å². The Bertz CT molecular complexity index is 1120. The topological polar surface area (TPSA) is 55.1 Å². The van der Waals surface area contributed by atoms with Crippen LogP contribution in [0.1, 0.15) is 69.5 Å². The number of hydrogen-bond acceptors (Lipinski definition) is 3. The zero-order valence-electron chi connectivity index (χ0n) is 20.4. The van der Waals surface area contributed by atoms with Gasteiger partial charge in [0.25, 0.3) is 0 Å². The monoisotopic (exact) mass is 440 g/mol. The lowest BCUT2D eigenvalue weighted by Gasteiger charge is -2.16. The maximum atomic E-state index is 11.5. The van der Waals surface area contributed by atoms with E-state index in [-0.39, 0.29) is 5.78 Å². The third-order valence-corrected chi connectivity index (χ3v) is 6.40. The van der Waals surface area contributed by atoms with Crippen LogP contribution < -0.4 is 11.1 Å². The molecule has 0 aromatic heterocycles. The second kappa shape index (κ2) is 11.1. The third-order valence-electron chi connectivity index (χ3n) is 6.40. The van der Waals surface area contributed by atoms with Crippen molar-refractivity contribution in [2.75, 3.05) is 12.3 Å². The molecule has 0 aliphatic heterocycles. The van der Waals surface area contributed by atoms with Gasteiger partial charge in [0, 0.05) is 17.3 Å². The standard InChI is InChI=1S/C23H27NO.C7H9N/c1-15-5-8-21(17(3)13-15)16(2)11-12-24-23-10-7-20-14-19(18(4)25)6-9-22(20)23;1-6-4-2-3-5-7(6)8/h5-6,8-9,13-14,23-24H,2,7,10-12H2,1,3-4H3;2-5H,8H2,1H3. The molecule has 3 N–H and O–H groups in total. The molecule has 1 unspecified atom stereocenters. The SMILES string of the molecule is C=C(CCNC1CCc2cc(C(C)=O)ccc21)c1ccc(C)cc1C.Cc1ccccc1N. The average Bonchev–Trinajstić information content (AvgIpc) is 3.18. The van der Waals surface area contributed by atoms with Crippen LogP contribution in [0.15, 0.2) is 67.2 Å². The minimum atomic E-state index is 0.143. The third kappa shape index (κ3) is 6.43. The van der Waals surface area contributed by atoms with Gasteiger partial charge in [0.15, 0.2) is 5.78 Å². The predicted molar refractivity (Wildman–Crippen MR) is 141 cm³/mol. The van der Waals surface area contributed by atoms with Crippen LogP contribution in [0.3, 0.4) is 0 Å². The largest absolute Gasteiger partial charge is 0.399 e. The minimum Gasteiger partial charge on any atom is -0.399 e. The first-order valence-corrected chi connectivity index (χ1v) is 11.7. The lowest BCUT2D eigenvalue weighted by atomic mass is 9.97. The summed E-state index contributed by atoms with van der Waals surface area (Å²) in [5.74, 6) is 0.143. The lowest BCUT2D eigenvalue weighted by Crippen LogP contribution is -2.20. The molecule has 1 aliphatic rings. The maximum absolute atomic E-state index is 11.5. The number of Topliss-reactive ketones (excluding diaryl/α,β-unsaturated/α-hetero) is 1. The van der Waals surface area contributed by atoms with E-state index in [1.165, 1.54) is 33.4 Å². The number of nitrogens with one attached hydrogen (secondary N) is 1. The molecule has 172 valence electrons. The molecule has 1 atom stereocenters. The van der Waals surface area contributed by atoms with Gasteiger partial charge in [-0.2, -0.15) is 0 Å². The molecule has 0 heterocycles. The van der Waals surface area contributed by atoms with Gasteiger partial charge in [-0.3, -0.25) is 4.79 Å². The number of nitrogens with two attached hydrogens (primary N) is 1. The summed E-state index contributed by atoms with van der Waals surface area (Å²) in [5.41, 5.74) is 16.1. The van der Waals surface area contributed by atoms with Gasteiger partial charge >= 0.3 is 0 Å². The fraction of sp³-hybridized carbons (Fsp3) is 0.300. The van der Waals surface area contributed by atoms with Gasteiger partial charge in [-0.05, 0) is 99.0 Å². The molecule has 3 aromatic carbocycles. The summed E-state index contributed by atoms with van der Waals surface area (Å²) in [6.07, 6.45) is 3.10. The molecule has 0 saturated heterocycles. The number of fused-ring (bicyclic) bond motifs is 1. The Balaban J connectivity index is 0.000000323. The molecule has 33 heavy (non-hydrogen) atoms. The number of benzene rings is 3. The summed E-state index contributed by atoms with van der Waals surface area (Å²) >= 11 is 0. The predicted octanol–water partition coefficient (Wildman–Crippen LogP) is 6.76. The van der Waals surface area contributed by atoms with Crippen LogP contribution in [0.2, 0.25) is 0 Å². The number of carbonyl (C=O) groups excluding carboxylic acids is 1. The van der Waals surface area contributed by atoms with Crippen LogP contribution in [-0.2, 0) is 6.42 Å². The number of anilines is 1. The minimum absolute atomic E-state index is 0.143. The molecule has 3 heteroatoms. The lowest BCUT2D eigenvalue weighted by molar-refractivity contribution is 0.101. The number of hydrogen-bond donors (Lipinski definition) is 2. The highest BCUT2D eigenvalue weighted by Gasteiger charge is 2.22. The van der Waals surface area contributed by atoms with Gasteiger partial charge in [-0.15, -0.1) is 0 Å². The van der Waals surface area contributed by atoms with Gasteiger partial charge in [0.2, 0.25) is 0 Å². The van der Waals surface area contributed by atoms with E-state index in [0.717, 1.165) is 42.6 Å². The fourth-order valence-corrected chi connectivity index (χ4v) is 4.38. The second-order valence-corrected chi connectivity index (χ2v) is 9.04. The van der Waals surface area contributed by atoms with E-state index in [0.29, 0.717) is 6.04 Å². The van der Waals surface area contributed by atoms with Crippen molar-refractivity contribution in [1.29, 1.82) is 0 Å². The molecule has 4 rings (SSSR count). The fourth-order valence-electron chi connectivity index (χ4n) is 4.38. The molecule has 3 nitrogen and oxygen atoms in total. The summed E-state index contributed by atoms with van der Waals surface area (Å²) in [6.45, 7) is 13.1. The molecule has 0 bridgehead atoms. The zero-order valence-corrected chi connectivity index (χ0v) is 20.4. The maximum Gasteiger partial charge on any atom is 0.159 e. The van der Waals surface area contributed by atoms with Crippen LogP contribution in [0.4, 0.5) is 5.69 Å². The summed E-state index contributed by atoms with van der Waals surface area (Å²) in [4.78, 5) is 11.5. The molecular weight excluding hydrogens is 404 g/mol. The highest BCUT2D eigenvalue weighted by Crippen LogP contribution is 2.32. The molecular formula is C30H36N2O. The van der Waals surface area contributed by atoms with Crippen LogP contribution >= 0.6 is 0 Å². The van der Waals surface area contributed by atoms with E-state index in [4.69, 9.17) is 5.73 Å². The van der Waals surface area contributed by atoms with Crippen LogP contribution in [0, 0.1) is 20.8 Å². The Morgan fingerprint density at radius 3 is 2.42 bits per heavy atom. The highest BCUT2D eigenvalue weighted by atomic mass is 16.1. The molecule has 0 saturated carbocycles. The molecule has 0 spiro atoms. The van der Waals surface area contributed by atoms with Crippen molar-refractivity contribution < 1.29 is 4.79 Å². The zero-order chi connectivity index (χ0) is 24.0. The highest BCUT2D eigenvalue weighted by molar-refractivity contribution is 5.94. The summed E-state index contributed by atoms with van der Waals surface area (Å²) in [5, 5.41) is 3.67. The van der Waals surface area contributed by atoms with E-state index in [9.17, 15) is 4.79 Å². The van der Waals surface area contributed by atoms with Gasteiger partial charge in [-0.25, -0.2) is 0 Å². The van der Waals surface area contributed by atoms with Gasteiger partial charge in [0.1, 0.15) is 0 Å². The van der Waals surface area contributed by atoms with Crippen molar-refractivity contribution in [2.24, 2.45) is 0 Å². The summed E-state index contributed by atoms with van der Waals surface area (Å²) in [7, 11) is 0. The number of rotatable bonds is 6. The Hall–Kier alpha value is -3.17. The van der Waals surface area contributed by atoms with E-state index in [2.05, 4.69) is 56.1 Å². The van der Waals surface area contributed by atoms with Crippen molar-refractivity contribution in [3.63, 3.8) is 0 Å². The van der Waals surface area contributed by atoms with Crippen LogP contribution in [0.5, 0.6) is 0 Å². The Labute approximate surface area is 198 Å². The van der Waals surface area contributed by atoms with Crippen molar-refractivity contribution in [1.82, 2.24) is 5.32 Å². The Kier molecular flexibility index (Phi) is 8.24. The Morgan fingerprint density at radius 2 is 1.79 bits per heavy atom. The van der Waals surface area contributed by atoms with Crippen molar-refractivity contribution in [3.8, 4) is 0 Å². The van der Waals surface area contributed by atoms with E-state index in [1.54, 1.807) is 6.92 Å².